The molecule has 0 aromatic heterocycles. The van der Waals surface area contributed by atoms with E-state index in [4.69, 9.17) is 4.74 Å². The van der Waals surface area contributed by atoms with Crippen molar-refractivity contribution in [1.82, 2.24) is 5.32 Å². The summed E-state index contributed by atoms with van der Waals surface area (Å²) < 4.78 is 58.3. The molecule has 0 aliphatic heterocycles. The van der Waals surface area contributed by atoms with Crippen LogP contribution in [-0.4, -0.2) is 25.1 Å². The Morgan fingerprint density at radius 3 is 2.33 bits per heavy atom. The van der Waals surface area contributed by atoms with Gasteiger partial charge in [0.2, 0.25) is 0 Å². The fourth-order valence-corrected chi connectivity index (χ4v) is 1.40. The Bertz CT molecular complexity index is 455. The van der Waals surface area contributed by atoms with E-state index in [2.05, 4.69) is 10.1 Å². The fraction of sp³-hybridized carbons (Fsp3) is 0.571. The molecule has 0 saturated heterocycles. The molecule has 0 saturated carbocycles. The maximum atomic E-state index is 13.7. The first kappa shape index (κ1) is 17.7. The topological polar surface area (TPSA) is 30.5 Å². The molecule has 7 heteroatoms. The summed E-state index contributed by atoms with van der Waals surface area (Å²) in [6, 6.07) is 4.28. The molecule has 0 aliphatic rings. The van der Waals surface area contributed by atoms with Crippen molar-refractivity contribution in [3.05, 3.63) is 29.6 Å². The number of hydrogen-bond acceptors (Lipinski definition) is 3. The molecule has 0 unspecified atom stereocenters. The van der Waals surface area contributed by atoms with E-state index in [1.807, 2.05) is 20.8 Å². The van der Waals surface area contributed by atoms with Crippen LogP contribution in [0, 0.1) is 5.82 Å². The summed E-state index contributed by atoms with van der Waals surface area (Å²) in [5.41, 5.74) is 0.614. The summed E-state index contributed by atoms with van der Waals surface area (Å²) in [5, 5.41) is 3.20. The first-order valence-corrected chi connectivity index (χ1v) is 6.37. The molecule has 0 atom stereocenters. The smallest absolute Gasteiger partial charge is 0.411 e. The summed E-state index contributed by atoms with van der Waals surface area (Å²) in [5.74, 6) is -0.782. The molecule has 0 heterocycles. The molecule has 0 fully saturated rings. The van der Waals surface area contributed by atoms with Gasteiger partial charge in [0.15, 0.2) is 18.4 Å². The summed E-state index contributed by atoms with van der Waals surface area (Å²) in [6.07, 6.45) is -4.43. The summed E-state index contributed by atoms with van der Waals surface area (Å²) in [7, 11) is 0. The van der Waals surface area contributed by atoms with Crippen molar-refractivity contribution in [2.45, 2.75) is 39.0 Å². The van der Waals surface area contributed by atoms with Crippen molar-refractivity contribution in [2.24, 2.45) is 0 Å². The standard InChI is InChI=1S/C14H19F4NO2/c1-13(2,3)19-7-10-4-5-12(11(15)6-10)21-9-20-8-14(16,17)18/h4-6,19H,7-9H2,1-3H3. The lowest BCUT2D eigenvalue weighted by Crippen LogP contribution is -2.35. The molecule has 1 rings (SSSR count). The number of halogens is 4. The highest BCUT2D eigenvalue weighted by Crippen LogP contribution is 2.19. The Kier molecular flexibility index (Phi) is 5.98. The molecule has 21 heavy (non-hydrogen) atoms. The zero-order valence-corrected chi connectivity index (χ0v) is 12.2. The normalized spacial score (nSPS) is 12.5. The summed E-state index contributed by atoms with van der Waals surface area (Å²) >= 11 is 0. The minimum Gasteiger partial charge on any atom is -0.464 e. The van der Waals surface area contributed by atoms with E-state index in [9.17, 15) is 17.6 Å². The third-order valence-corrected chi connectivity index (χ3v) is 2.38. The van der Waals surface area contributed by atoms with E-state index in [1.54, 1.807) is 6.07 Å². The van der Waals surface area contributed by atoms with Gasteiger partial charge in [0.1, 0.15) is 6.61 Å². The van der Waals surface area contributed by atoms with E-state index in [0.29, 0.717) is 12.1 Å². The van der Waals surface area contributed by atoms with Crippen molar-refractivity contribution in [3.63, 3.8) is 0 Å². The van der Waals surface area contributed by atoms with Crippen LogP contribution in [0.4, 0.5) is 17.6 Å². The van der Waals surface area contributed by atoms with Crippen LogP contribution in [0.1, 0.15) is 26.3 Å². The number of rotatable bonds is 6. The molecule has 1 aromatic rings. The second-order valence-corrected chi connectivity index (χ2v) is 5.59. The van der Waals surface area contributed by atoms with Crippen LogP contribution < -0.4 is 10.1 Å². The summed E-state index contributed by atoms with van der Waals surface area (Å²) in [4.78, 5) is 0. The molecule has 0 radical (unpaired) electrons. The highest BCUT2D eigenvalue weighted by atomic mass is 19.4. The number of hydrogen-bond donors (Lipinski definition) is 1. The van der Waals surface area contributed by atoms with Crippen molar-refractivity contribution in [3.8, 4) is 5.75 Å². The summed E-state index contributed by atoms with van der Waals surface area (Å²) in [6.45, 7) is 4.35. The predicted molar refractivity (Wildman–Crippen MR) is 70.5 cm³/mol. The van der Waals surface area contributed by atoms with Crippen LogP contribution in [0.2, 0.25) is 0 Å². The zero-order valence-electron chi connectivity index (χ0n) is 12.2. The maximum Gasteiger partial charge on any atom is 0.411 e. The number of benzene rings is 1. The van der Waals surface area contributed by atoms with E-state index < -0.39 is 25.4 Å². The molecular weight excluding hydrogens is 290 g/mol. The van der Waals surface area contributed by atoms with Gasteiger partial charge in [-0.2, -0.15) is 13.2 Å². The van der Waals surface area contributed by atoms with Gasteiger partial charge in [0.25, 0.3) is 0 Å². The van der Waals surface area contributed by atoms with Crippen LogP contribution in [0.5, 0.6) is 5.75 Å². The second-order valence-electron chi connectivity index (χ2n) is 5.59. The van der Waals surface area contributed by atoms with E-state index in [1.165, 1.54) is 12.1 Å². The van der Waals surface area contributed by atoms with Gasteiger partial charge in [-0.3, -0.25) is 0 Å². The third kappa shape index (κ3) is 7.87. The number of alkyl halides is 3. The van der Waals surface area contributed by atoms with Crippen molar-refractivity contribution >= 4 is 0 Å². The lowest BCUT2D eigenvalue weighted by Gasteiger charge is -2.20. The first-order valence-electron chi connectivity index (χ1n) is 6.37. The van der Waals surface area contributed by atoms with E-state index in [0.717, 1.165) is 0 Å². The van der Waals surface area contributed by atoms with Gasteiger partial charge in [0, 0.05) is 12.1 Å². The Hall–Kier alpha value is -1.34. The first-order chi connectivity index (χ1) is 9.57. The van der Waals surface area contributed by atoms with Crippen molar-refractivity contribution < 1.29 is 27.0 Å². The lowest BCUT2D eigenvalue weighted by molar-refractivity contribution is -0.187. The van der Waals surface area contributed by atoms with Gasteiger partial charge in [-0.05, 0) is 38.5 Å². The van der Waals surface area contributed by atoms with E-state index in [-0.39, 0.29) is 11.3 Å². The highest BCUT2D eigenvalue weighted by Gasteiger charge is 2.27. The van der Waals surface area contributed by atoms with Crippen molar-refractivity contribution in [2.75, 3.05) is 13.4 Å². The average molecular weight is 309 g/mol. The zero-order chi connectivity index (χ0) is 16.1. The largest absolute Gasteiger partial charge is 0.464 e. The average Bonchev–Trinajstić information content (AvgIpc) is 2.32. The van der Waals surface area contributed by atoms with Crippen LogP contribution in [-0.2, 0) is 11.3 Å². The predicted octanol–water partition coefficient (Wildman–Crippen LogP) is 3.63. The lowest BCUT2D eigenvalue weighted by atomic mass is 10.1. The fourth-order valence-electron chi connectivity index (χ4n) is 1.40. The molecule has 120 valence electrons. The van der Waals surface area contributed by atoms with Gasteiger partial charge in [-0.25, -0.2) is 4.39 Å². The van der Waals surface area contributed by atoms with E-state index >= 15 is 0 Å². The number of ether oxygens (including phenoxy) is 2. The third-order valence-electron chi connectivity index (χ3n) is 2.38. The minimum atomic E-state index is -4.43. The molecule has 3 nitrogen and oxygen atoms in total. The van der Waals surface area contributed by atoms with Crippen LogP contribution in [0.3, 0.4) is 0 Å². The molecule has 0 aliphatic carbocycles. The monoisotopic (exact) mass is 309 g/mol. The van der Waals surface area contributed by atoms with Gasteiger partial charge in [-0.15, -0.1) is 0 Å². The van der Waals surface area contributed by atoms with Gasteiger partial charge < -0.3 is 14.8 Å². The molecule has 0 bridgehead atoms. The minimum absolute atomic E-state index is 0.100. The maximum absolute atomic E-state index is 13.7. The van der Waals surface area contributed by atoms with Crippen LogP contribution >= 0.6 is 0 Å². The second kappa shape index (κ2) is 7.09. The quantitative estimate of drug-likeness (QED) is 0.494. The Morgan fingerprint density at radius 2 is 1.81 bits per heavy atom. The Balaban J connectivity index is 2.47. The van der Waals surface area contributed by atoms with Crippen molar-refractivity contribution in [1.29, 1.82) is 0 Å². The number of nitrogens with one attached hydrogen (secondary N) is 1. The highest BCUT2D eigenvalue weighted by molar-refractivity contribution is 5.29. The van der Waals surface area contributed by atoms with Crippen LogP contribution in [0.25, 0.3) is 0 Å². The molecule has 1 aromatic carbocycles. The van der Waals surface area contributed by atoms with Crippen LogP contribution in [0.15, 0.2) is 18.2 Å². The molecule has 0 spiro atoms. The van der Waals surface area contributed by atoms with Gasteiger partial charge in [0.05, 0.1) is 0 Å². The Morgan fingerprint density at radius 1 is 1.14 bits per heavy atom. The SMILES string of the molecule is CC(C)(C)NCc1ccc(OCOCC(F)(F)F)c(F)c1. The van der Waals surface area contributed by atoms with Gasteiger partial charge in [-0.1, -0.05) is 6.07 Å². The van der Waals surface area contributed by atoms with Gasteiger partial charge >= 0.3 is 6.18 Å². The molecule has 1 N–H and O–H groups in total. The Labute approximate surface area is 121 Å². The molecule has 0 amide bonds. The molecular formula is C14H19F4NO2.